The summed E-state index contributed by atoms with van der Waals surface area (Å²) in [6, 6.07) is 10.2. The Balaban J connectivity index is 1.67. The molecule has 0 aliphatic carbocycles. The molecule has 1 N–H and O–H groups in total. The second kappa shape index (κ2) is 5.96. The molecular weight excluding hydrogens is 302 g/mol. The van der Waals surface area contributed by atoms with Gasteiger partial charge in [-0.2, -0.15) is 5.10 Å². The normalized spacial score (nSPS) is 16.7. The molecule has 0 fully saturated rings. The minimum atomic E-state index is -0.0360. The van der Waals surface area contributed by atoms with Crippen LogP contribution in [0.1, 0.15) is 36.1 Å². The van der Waals surface area contributed by atoms with Crippen molar-refractivity contribution in [1.82, 2.24) is 19.3 Å². The summed E-state index contributed by atoms with van der Waals surface area (Å²) in [6.07, 6.45) is 6.26. The second-order valence-corrected chi connectivity index (χ2v) is 6.05. The number of hydrogen-bond donors (Lipinski definition) is 1. The highest BCUT2D eigenvalue weighted by atomic mass is 16.1. The monoisotopic (exact) mass is 321 g/mol. The van der Waals surface area contributed by atoms with Gasteiger partial charge in [0.05, 0.1) is 18.6 Å². The van der Waals surface area contributed by atoms with Gasteiger partial charge in [0, 0.05) is 36.8 Å². The van der Waals surface area contributed by atoms with Crippen LogP contribution in [0.4, 0.5) is 5.82 Å². The van der Waals surface area contributed by atoms with E-state index in [9.17, 15) is 4.79 Å². The molecule has 1 atom stereocenters. The Bertz CT molecular complexity index is 865. The number of carbonyl (C=O) groups excluding carboxylic acids is 1. The largest absolute Gasteiger partial charge is 0.337 e. The van der Waals surface area contributed by atoms with Crippen LogP contribution in [0.3, 0.4) is 0 Å². The molecule has 3 aromatic rings. The summed E-state index contributed by atoms with van der Waals surface area (Å²) in [5.41, 5.74) is 3.13. The number of nitrogens with zero attached hydrogens (tertiary/aromatic N) is 4. The Labute approximate surface area is 140 Å². The van der Waals surface area contributed by atoms with Crippen molar-refractivity contribution < 1.29 is 4.79 Å². The maximum absolute atomic E-state index is 12.1. The predicted octanol–water partition coefficient (Wildman–Crippen LogP) is 2.62. The van der Waals surface area contributed by atoms with E-state index in [0.717, 1.165) is 17.8 Å². The number of carbonyl (C=O) groups is 1. The van der Waals surface area contributed by atoms with Crippen LogP contribution in [0.5, 0.6) is 0 Å². The quantitative estimate of drug-likeness (QED) is 0.803. The Morgan fingerprint density at radius 3 is 2.83 bits per heavy atom. The number of nitrogens with one attached hydrogen (secondary N) is 1. The fourth-order valence-corrected chi connectivity index (χ4v) is 3.11. The summed E-state index contributed by atoms with van der Waals surface area (Å²) in [6.45, 7) is 3.62. The van der Waals surface area contributed by atoms with Gasteiger partial charge in [0.15, 0.2) is 5.82 Å². The molecule has 0 saturated heterocycles. The third-order valence-corrected chi connectivity index (χ3v) is 4.38. The molecule has 2 aromatic heterocycles. The van der Waals surface area contributed by atoms with Crippen molar-refractivity contribution in [3.63, 3.8) is 0 Å². The third-order valence-electron chi connectivity index (χ3n) is 4.38. The number of amides is 1. The lowest BCUT2D eigenvalue weighted by Gasteiger charge is -2.19. The van der Waals surface area contributed by atoms with Crippen LogP contribution in [0.15, 0.2) is 49.1 Å². The van der Waals surface area contributed by atoms with E-state index in [2.05, 4.69) is 34.5 Å². The van der Waals surface area contributed by atoms with Crippen LogP contribution in [0.25, 0.3) is 0 Å². The first-order chi connectivity index (χ1) is 11.7. The minimum Gasteiger partial charge on any atom is -0.337 e. The fourth-order valence-electron chi connectivity index (χ4n) is 3.11. The Morgan fingerprint density at radius 1 is 1.25 bits per heavy atom. The van der Waals surface area contributed by atoms with E-state index in [0.29, 0.717) is 18.8 Å². The van der Waals surface area contributed by atoms with Crippen LogP contribution in [0, 0.1) is 0 Å². The predicted molar refractivity (Wildman–Crippen MR) is 90.8 cm³/mol. The molecule has 122 valence electrons. The zero-order valence-electron chi connectivity index (χ0n) is 13.5. The van der Waals surface area contributed by atoms with Crippen molar-refractivity contribution in [2.75, 3.05) is 5.32 Å². The molecule has 1 unspecified atom stereocenters. The van der Waals surface area contributed by atoms with Crippen molar-refractivity contribution in [3.05, 3.63) is 65.9 Å². The van der Waals surface area contributed by atoms with Crippen LogP contribution in [-0.2, 0) is 17.9 Å². The first-order valence-electron chi connectivity index (χ1n) is 8.15. The highest BCUT2D eigenvalue weighted by Gasteiger charge is 2.30. The summed E-state index contributed by atoms with van der Waals surface area (Å²) in [7, 11) is 0. The number of aromatic nitrogens is 4. The standard InChI is InChI=1S/C18H19N5O/c1-2-22-11-16(19-12-22)14-8-17(24)20-18-15(14)10-23(21-18)9-13-6-4-3-5-7-13/h3-7,10-12,14H,2,8-9H2,1H3,(H,20,21,24). The average Bonchev–Trinajstić information content (AvgIpc) is 3.21. The lowest BCUT2D eigenvalue weighted by atomic mass is 9.92. The molecule has 1 aromatic carbocycles. The van der Waals surface area contributed by atoms with E-state index in [1.165, 1.54) is 5.56 Å². The highest BCUT2D eigenvalue weighted by Crippen LogP contribution is 2.35. The minimum absolute atomic E-state index is 0.0106. The van der Waals surface area contributed by atoms with Gasteiger partial charge in [-0.3, -0.25) is 9.48 Å². The summed E-state index contributed by atoms with van der Waals surface area (Å²) >= 11 is 0. The van der Waals surface area contributed by atoms with Crippen molar-refractivity contribution >= 4 is 11.7 Å². The maximum Gasteiger partial charge on any atom is 0.226 e. The summed E-state index contributed by atoms with van der Waals surface area (Å²) in [5, 5.41) is 7.43. The number of fused-ring (bicyclic) bond motifs is 1. The van der Waals surface area contributed by atoms with Crippen LogP contribution < -0.4 is 5.32 Å². The SMILES string of the molecule is CCn1cnc(C2CC(=O)Nc3nn(Cc4ccccc4)cc32)c1. The van der Waals surface area contributed by atoms with E-state index in [4.69, 9.17) is 0 Å². The zero-order chi connectivity index (χ0) is 16.5. The van der Waals surface area contributed by atoms with Crippen LogP contribution in [-0.4, -0.2) is 25.2 Å². The Hall–Kier alpha value is -2.89. The van der Waals surface area contributed by atoms with Gasteiger partial charge in [-0.15, -0.1) is 0 Å². The molecule has 0 radical (unpaired) electrons. The van der Waals surface area contributed by atoms with Gasteiger partial charge in [0.2, 0.25) is 5.91 Å². The van der Waals surface area contributed by atoms with E-state index in [1.807, 2.05) is 46.2 Å². The Morgan fingerprint density at radius 2 is 2.08 bits per heavy atom. The molecular formula is C18H19N5O. The van der Waals surface area contributed by atoms with E-state index in [-0.39, 0.29) is 11.8 Å². The van der Waals surface area contributed by atoms with Gasteiger partial charge >= 0.3 is 0 Å². The summed E-state index contributed by atoms with van der Waals surface area (Å²) in [5.74, 6) is 0.604. The number of aryl methyl sites for hydroxylation is 1. The molecule has 3 heterocycles. The van der Waals surface area contributed by atoms with E-state index in [1.54, 1.807) is 0 Å². The van der Waals surface area contributed by atoms with Gasteiger partial charge < -0.3 is 9.88 Å². The molecule has 1 amide bonds. The molecule has 4 rings (SSSR count). The van der Waals surface area contributed by atoms with Gasteiger partial charge in [0.1, 0.15) is 0 Å². The molecule has 6 nitrogen and oxygen atoms in total. The van der Waals surface area contributed by atoms with Crippen LogP contribution in [0.2, 0.25) is 0 Å². The Kier molecular flexibility index (Phi) is 3.65. The lowest BCUT2D eigenvalue weighted by molar-refractivity contribution is -0.116. The molecule has 1 aliphatic heterocycles. The van der Waals surface area contributed by atoms with E-state index >= 15 is 0 Å². The molecule has 24 heavy (non-hydrogen) atoms. The number of imidazole rings is 1. The van der Waals surface area contributed by atoms with Gasteiger partial charge in [0.25, 0.3) is 0 Å². The molecule has 6 heteroatoms. The van der Waals surface area contributed by atoms with Gasteiger partial charge in [-0.25, -0.2) is 4.98 Å². The first-order valence-corrected chi connectivity index (χ1v) is 8.15. The summed E-state index contributed by atoms with van der Waals surface area (Å²) in [4.78, 5) is 16.5. The molecule has 0 saturated carbocycles. The number of rotatable bonds is 4. The maximum atomic E-state index is 12.1. The van der Waals surface area contributed by atoms with Gasteiger partial charge in [-0.1, -0.05) is 30.3 Å². The fraction of sp³-hybridized carbons (Fsp3) is 0.278. The van der Waals surface area contributed by atoms with Gasteiger partial charge in [-0.05, 0) is 12.5 Å². The zero-order valence-corrected chi connectivity index (χ0v) is 13.5. The van der Waals surface area contributed by atoms with Crippen molar-refractivity contribution in [2.24, 2.45) is 0 Å². The summed E-state index contributed by atoms with van der Waals surface area (Å²) < 4.78 is 3.91. The third kappa shape index (κ3) is 2.71. The lowest BCUT2D eigenvalue weighted by Crippen LogP contribution is -2.23. The topological polar surface area (TPSA) is 64.7 Å². The number of anilines is 1. The van der Waals surface area contributed by atoms with E-state index < -0.39 is 0 Å². The van der Waals surface area contributed by atoms with Crippen molar-refractivity contribution in [2.45, 2.75) is 32.4 Å². The molecule has 1 aliphatic rings. The van der Waals surface area contributed by atoms with Crippen molar-refractivity contribution in [3.8, 4) is 0 Å². The number of hydrogen-bond acceptors (Lipinski definition) is 3. The van der Waals surface area contributed by atoms with Crippen molar-refractivity contribution in [1.29, 1.82) is 0 Å². The second-order valence-electron chi connectivity index (χ2n) is 6.05. The van der Waals surface area contributed by atoms with Crippen LogP contribution >= 0.6 is 0 Å². The molecule has 0 spiro atoms. The highest BCUT2D eigenvalue weighted by molar-refractivity contribution is 5.94. The molecule has 0 bridgehead atoms. The average molecular weight is 321 g/mol. The smallest absolute Gasteiger partial charge is 0.226 e. The first kappa shape index (κ1) is 14.7. The number of benzene rings is 1.